The number of rotatable bonds is 6. The lowest BCUT2D eigenvalue weighted by Crippen LogP contribution is -2.15. The van der Waals surface area contributed by atoms with Crippen LogP contribution in [0.5, 0.6) is 0 Å². The zero-order valence-corrected chi connectivity index (χ0v) is 13.9. The number of thiophene rings is 1. The van der Waals surface area contributed by atoms with Crippen molar-refractivity contribution in [3.8, 4) is 0 Å². The zero-order chi connectivity index (χ0) is 15.2. The predicted octanol–water partition coefficient (Wildman–Crippen LogP) is 4.33. The molecule has 2 aromatic rings. The second-order valence-corrected chi connectivity index (χ2v) is 7.30. The molecule has 1 amide bonds. The standard InChI is InChI=1S/C15H16ClNO2S2/c1-10(18)12-4-2-3-5-13(12)17-15(19)9-20-8-11-6-7-14(16)21-11/h2-7,10,18H,8-9H2,1H3,(H,17,19). The summed E-state index contributed by atoms with van der Waals surface area (Å²) in [6.07, 6.45) is -0.609. The lowest BCUT2D eigenvalue weighted by Gasteiger charge is -2.12. The van der Waals surface area contributed by atoms with Gasteiger partial charge in [-0.15, -0.1) is 23.1 Å². The Bertz CT molecular complexity index is 613. The van der Waals surface area contributed by atoms with Crippen LogP contribution in [0.1, 0.15) is 23.5 Å². The summed E-state index contributed by atoms with van der Waals surface area (Å²) >= 11 is 8.93. The topological polar surface area (TPSA) is 49.3 Å². The van der Waals surface area contributed by atoms with Crippen molar-refractivity contribution < 1.29 is 9.90 Å². The number of carbonyl (C=O) groups is 1. The summed E-state index contributed by atoms with van der Waals surface area (Å²) in [5.41, 5.74) is 1.39. The number of aliphatic hydroxyl groups excluding tert-OH is 1. The molecule has 1 aromatic heterocycles. The minimum Gasteiger partial charge on any atom is -0.389 e. The van der Waals surface area contributed by atoms with Crippen LogP contribution in [-0.4, -0.2) is 16.8 Å². The number of halogens is 1. The fraction of sp³-hybridized carbons (Fsp3) is 0.267. The molecule has 0 saturated carbocycles. The van der Waals surface area contributed by atoms with Crippen LogP contribution in [0, 0.1) is 0 Å². The maximum Gasteiger partial charge on any atom is 0.234 e. The number of anilines is 1. The number of hydrogen-bond donors (Lipinski definition) is 2. The molecule has 0 saturated heterocycles. The minimum atomic E-state index is -0.609. The van der Waals surface area contributed by atoms with Crippen LogP contribution in [-0.2, 0) is 10.5 Å². The van der Waals surface area contributed by atoms with Gasteiger partial charge in [0.05, 0.1) is 16.2 Å². The quantitative estimate of drug-likeness (QED) is 0.822. The van der Waals surface area contributed by atoms with E-state index in [-0.39, 0.29) is 5.91 Å². The number of benzene rings is 1. The number of nitrogens with one attached hydrogen (secondary N) is 1. The number of aliphatic hydroxyl groups is 1. The van der Waals surface area contributed by atoms with Gasteiger partial charge in [-0.3, -0.25) is 4.79 Å². The Hall–Kier alpha value is -1.01. The van der Waals surface area contributed by atoms with Crippen LogP contribution in [0.15, 0.2) is 36.4 Å². The second-order valence-electron chi connectivity index (χ2n) is 4.51. The molecule has 2 N–H and O–H groups in total. The van der Waals surface area contributed by atoms with E-state index < -0.39 is 6.10 Å². The van der Waals surface area contributed by atoms with E-state index in [0.717, 1.165) is 20.5 Å². The van der Waals surface area contributed by atoms with E-state index in [1.165, 1.54) is 23.1 Å². The Labute approximate surface area is 137 Å². The lowest BCUT2D eigenvalue weighted by atomic mass is 10.1. The van der Waals surface area contributed by atoms with Crippen molar-refractivity contribution in [1.29, 1.82) is 0 Å². The summed E-state index contributed by atoms with van der Waals surface area (Å²) in [6, 6.07) is 11.1. The van der Waals surface area contributed by atoms with Crippen molar-refractivity contribution >= 4 is 46.3 Å². The molecule has 0 aliphatic carbocycles. The van der Waals surface area contributed by atoms with E-state index in [4.69, 9.17) is 11.6 Å². The molecule has 1 unspecified atom stereocenters. The largest absolute Gasteiger partial charge is 0.389 e. The molecule has 112 valence electrons. The number of para-hydroxylation sites is 1. The summed E-state index contributed by atoms with van der Waals surface area (Å²) in [5.74, 6) is 1.06. The SMILES string of the molecule is CC(O)c1ccccc1NC(=O)CSCc1ccc(Cl)s1. The third-order valence-corrected chi connectivity index (χ3v) is 5.19. The highest BCUT2D eigenvalue weighted by atomic mass is 35.5. The van der Waals surface area contributed by atoms with Gasteiger partial charge in [-0.1, -0.05) is 29.8 Å². The van der Waals surface area contributed by atoms with Gasteiger partial charge >= 0.3 is 0 Å². The molecule has 3 nitrogen and oxygen atoms in total. The first-order valence-electron chi connectivity index (χ1n) is 6.45. The molecular weight excluding hydrogens is 326 g/mol. The molecule has 0 radical (unpaired) electrons. The summed E-state index contributed by atoms with van der Waals surface area (Å²) in [7, 11) is 0. The molecule has 1 atom stereocenters. The minimum absolute atomic E-state index is 0.0734. The normalized spacial score (nSPS) is 12.1. The molecule has 0 bridgehead atoms. The fourth-order valence-corrected chi connectivity index (χ4v) is 3.86. The third-order valence-electron chi connectivity index (χ3n) is 2.79. The average molecular weight is 342 g/mol. The van der Waals surface area contributed by atoms with Gasteiger partial charge in [-0.25, -0.2) is 0 Å². The van der Waals surface area contributed by atoms with E-state index >= 15 is 0 Å². The maximum atomic E-state index is 11.9. The Morgan fingerprint density at radius 2 is 2.14 bits per heavy atom. The molecule has 1 heterocycles. The van der Waals surface area contributed by atoms with Crippen LogP contribution >= 0.6 is 34.7 Å². The van der Waals surface area contributed by atoms with Crippen molar-refractivity contribution in [2.24, 2.45) is 0 Å². The molecule has 0 aliphatic rings. The molecular formula is C15H16ClNO2S2. The van der Waals surface area contributed by atoms with Crippen molar-refractivity contribution in [2.75, 3.05) is 11.1 Å². The summed E-state index contributed by atoms with van der Waals surface area (Å²) in [5, 5.41) is 12.5. The summed E-state index contributed by atoms with van der Waals surface area (Å²) in [4.78, 5) is 13.1. The van der Waals surface area contributed by atoms with E-state index in [9.17, 15) is 9.90 Å². The lowest BCUT2D eigenvalue weighted by molar-refractivity contribution is -0.113. The van der Waals surface area contributed by atoms with Gasteiger partial charge in [0.2, 0.25) is 5.91 Å². The maximum absolute atomic E-state index is 11.9. The Kier molecular flexibility index (Phi) is 6.11. The van der Waals surface area contributed by atoms with E-state index in [0.29, 0.717) is 11.4 Å². The molecule has 6 heteroatoms. The number of hydrogen-bond acceptors (Lipinski definition) is 4. The third kappa shape index (κ3) is 5.04. The Balaban J connectivity index is 1.84. The van der Waals surface area contributed by atoms with Crippen LogP contribution in [0.4, 0.5) is 5.69 Å². The molecule has 0 fully saturated rings. The van der Waals surface area contributed by atoms with Gasteiger partial charge in [0.25, 0.3) is 0 Å². The Morgan fingerprint density at radius 1 is 1.38 bits per heavy atom. The van der Waals surface area contributed by atoms with E-state index in [1.54, 1.807) is 19.1 Å². The number of thioether (sulfide) groups is 1. The molecule has 0 aliphatic heterocycles. The van der Waals surface area contributed by atoms with Gasteiger partial charge in [0, 0.05) is 21.9 Å². The van der Waals surface area contributed by atoms with Crippen LogP contribution in [0.2, 0.25) is 4.34 Å². The predicted molar refractivity (Wildman–Crippen MR) is 91.2 cm³/mol. The van der Waals surface area contributed by atoms with E-state index in [1.807, 2.05) is 24.3 Å². The fourth-order valence-electron chi connectivity index (χ4n) is 1.84. The summed E-state index contributed by atoms with van der Waals surface area (Å²) < 4.78 is 0.765. The number of amides is 1. The molecule has 21 heavy (non-hydrogen) atoms. The van der Waals surface area contributed by atoms with Gasteiger partial charge in [0.1, 0.15) is 0 Å². The Morgan fingerprint density at radius 3 is 2.81 bits per heavy atom. The molecule has 0 spiro atoms. The monoisotopic (exact) mass is 341 g/mol. The van der Waals surface area contributed by atoms with Gasteiger partial charge in [-0.2, -0.15) is 0 Å². The first-order chi connectivity index (χ1) is 10.1. The molecule has 2 rings (SSSR count). The van der Waals surface area contributed by atoms with Crippen LogP contribution in [0.3, 0.4) is 0 Å². The highest BCUT2D eigenvalue weighted by Crippen LogP contribution is 2.26. The smallest absolute Gasteiger partial charge is 0.234 e. The van der Waals surface area contributed by atoms with Crippen LogP contribution in [0.25, 0.3) is 0 Å². The van der Waals surface area contributed by atoms with Crippen LogP contribution < -0.4 is 5.32 Å². The first-order valence-corrected chi connectivity index (χ1v) is 8.80. The highest BCUT2D eigenvalue weighted by molar-refractivity contribution is 7.99. The second kappa shape index (κ2) is 7.84. The van der Waals surface area contributed by atoms with Gasteiger partial charge < -0.3 is 10.4 Å². The average Bonchev–Trinajstić information content (AvgIpc) is 2.85. The van der Waals surface area contributed by atoms with Gasteiger partial charge in [-0.05, 0) is 25.1 Å². The first kappa shape index (κ1) is 16.4. The van der Waals surface area contributed by atoms with Crippen molar-refractivity contribution in [3.63, 3.8) is 0 Å². The number of carbonyl (C=O) groups excluding carboxylic acids is 1. The van der Waals surface area contributed by atoms with E-state index in [2.05, 4.69) is 5.32 Å². The van der Waals surface area contributed by atoms with Crippen molar-refractivity contribution in [3.05, 3.63) is 51.2 Å². The zero-order valence-electron chi connectivity index (χ0n) is 11.5. The van der Waals surface area contributed by atoms with Crippen molar-refractivity contribution in [2.45, 2.75) is 18.8 Å². The van der Waals surface area contributed by atoms with Crippen molar-refractivity contribution in [1.82, 2.24) is 0 Å². The summed E-state index contributed by atoms with van der Waals surface area (Å²) in [6.45, 7) is 1.68. The molecule has 1 aromatic carbocycles. The van der Waals surface area contributed by atoms with Gasteiger partial charge in [0.15, 0.2) is 0 Å². The highest BCUT2D eigenvalue weighted by Gasteiger charge is 2.10.